The molecule has 4 heteroatoms. The Kier molecular flexibility index (Phi) is 5.71. The molecular weight excluding hydrogens is 293 g/mol. The molecule has 2 rings (SSSR count). The molecule has 0 saturated heterocycles. The van der Waals surface area contributed by atoms with Crippen LogP contribution in [0.3, 0.4) is 0 Å². The molecule has 3 unspecified atom stereocenters. The van der Waals surface area contributed by atoms with Crippen molar-refractivity contribution in [1.29, 1.82) is 0 Å². The standard InChI is InChI=1S/C16H23Cl2NO/c1-10(2)12-5-4-11(3)8-15(12)20-9-14-13(17)6-7-16(18)19-14/h6-7,10-12,15H,4-5,8-9H2,1-3H3. The lowest BCUT2D eigenvalue weighted by molar-refractivity contribution is -0.0482. The Hall–Kier alpha value is -0.310. The molecule has 0 aromatic carbocycles. The van der Waals surface area contributed by atoms with Crippen LogP contribution in [0.15, 0.2) is 12.1 Å². The molecule has 20 heavy (non-hydrogen) atoms. The van der Waals surface area contributed by atoms with Gasteiger partial charge in [-0.05, 0) is 42.7 Å². The van der Waals surface area contributed by atoms with Gasteiger partial charge in [-0.2, -0.15) is 0 Å². The largest absolute Gasteiger partial charge is 0.372 e. The van der Waals surface area contributed by atoms with Gasteiger partial charge in [-0.15, -0.1) is 0 Å². The molecule has 112 valence electrons. The van der Waals surface area contributed by atoms with E-state index in [9.17, 15) is 0 Å². The van der Waals surface area contributed by atoms with Gasteiger partial charge < -0.3 is 4.74 Å². The van der Waals surface area contributed by atoms with Gasteiger partial charge in [0.05, 0.1) is 23.4 Å². The van der Waals surface area contributed by atoms with Crippen molar-refractivity contribution in [2.24, 2.45) is 17.8 Å². The van der Waals surface area contributed by atoms with Gasteiger partial charge in [-0.1, -0.05) is 50.4 Å². The van der Waals surface area contributed by atoms with Gasteiger partial charge in [0.1, 0.15) is 5.15 Å². The van der Waals surface area contributed by atoms with Gasteiger partial charge in [0.2, 0.25) is 0 Å². The molecule has 0 amide bonds. The van der Waals surface area contributed by atoms with E-state index in [1.54, 1.807) is 12.1 Å². The van der Waals surface area contributed by atoms with Crippen LogP contribution in [0.5, 0.6) is 0 Å². The van der Waals surface area contributed by atoms with Gasteiger partial charge in [0.15, 0.2) is 0 Å². The number of pyridine rings is 1. The topological polar surface area (TPSA) is 22.1 Å². The molecule has 1 aromatic heterocycles. The summed E-state index contributed by atoms with van der Waals surface area (Å²) in [5.41, 5.74) is 0.736. The first-order valence-corrected chi connectivity index (χ1v) is 8.15. The molecule has 0 bridgehead atoms. The zero-order valence-corrected chi connectivity index (χ0v) is 13.9. The van der Waals surface area contributed by atoms with E-state index in [-0.39, 0.29) is 0 Å². The molecule has 1 heterocycles. The average Bonchev–Trinajstić information content (AvgIpc) is 2.39. The summed E-state index contributed by atoms with van der Waals surface area (Å²) in [6.07, 6.45) is 3.98. The minimum absolute atomic E-state index is 0.301. The lowest BCUT2D eigenvalue weighted by Crippen LogP contribution is -2.34. The molecule has 1 aliphatic rings. The van der Waals surface area contributed by atoms with E-state index in [0.717, 1.165) is 18.0 Å². The summed E-state index contributed by atoms with van der Waals surface area (Å²) in [7, 11) is 0. The van der Waals surface area contributed by atoms with E-state index in [1.807, 2.05) is 0 Å². The molecule has 1 aromatic rings. The van der Waals surface area contributed by atoms with Gasteiger partial charge in [0, 0.05) is 0 Å². The van der Waals surface area contributed by atoms with Crippen molar-refractivity contribution in [2.75, 3.05) is 0 Å². The third kappa shape index (κ3) is 4.09. The van der Waals surface area contributed by atoms with E-state index in [2.05, 4.69) is 25.8 Å². The maximum absolute atomic E-state index is 6.14. The Morgan fingerprint density at radius 1 is 1.30 bits per heavy atom. The van der Waals surface area contributed by atoms with Crippen LogP contribution in [0.1, 0.15) is 45.7 Å². The second-order valence-corrected chi connectivity index (χ2v) is 7.03. The fourth-order valence-corrected chi connectivity index (χ4v) is 3.38. The van der Waals surface area contributed by atoms with Crippen LogP contribution in [0.25, 0.3) is 0 Å². The lowest BCUT2D eigenvalue weighted by atomic mass is 9.75. The van der Waals surface area contributed by atoms with E-state index in [4.69, 9.17) is 27.9 Å². The van der Waals surface area contributed by atoms with Crippen molar-refractivity contribution in [1.82, 2.24) is 4.98 Å². The zero-order chi connectivity index (χ0) is 14.7. The van der Waals surface area contributed by atoms with E-state index < -0.39 is 0 Å². The van der Waals surface area contributed by atoms with Crippen molar-refractivity contribution >= 4 is 23.2 Å². The highest BCUT2D eigenvalue weighted by molar-refractivity contribution is 6.32. The molecule has 0 spiro atoms. The molecule has 3 atom stereocenters. The molecule has 0 N–H and O–H groups in total. The summed E-state index contributed by atoms with van der Waals surface area (Å²) in [6, 6.07) is 3.48. The number of ether oxygens (including phenoxy) is 1. The smallest absolute Gasteiger partial charge is 0.129 e. The van der Waals surface area contributed by atoms with Crippen molar-refractivity contribution in [3.63, 3.8) is 0 Å². The Morgan fingerprint density at radius 2 is 2.05 bits per heavy atom. The predicted molar refractivity (Wildman–Crippen MR) is 84.2 cm³/mol. The summed E-state index contributed by atoms with van der Waals surface area (Å²) in [6.45, 7) is 7.31. The number of hydrogen-bond acceptors (Lipinski definition) is 2. The van der Waals surface area contributed by atoms with Crippen LogP contribution in [0, 0.1) is 17.8 Å². The van der Waals surface area contributed by atoms with Crippen LogP contribution < -0.4 is 0 Å². The second kappa shape index (κ2) is 7.11. The first-order chi connectivity index (χ1) is 9.47. The Bertz CT molecular complexity index is 450. The molecule has 0 radical (unpaired) electrons. The highest BCUT2D eigenvalue weighted by Crippen LogP contribution is 2.35. The molecule has 1 saturated carbocycles. The maximum Gasteiger partial charge on any atom is 0.129 e. The summed E-state index contributed by atoms with van der Waals surface area (Å²) < 4.78 is 6.14. The molecule has 0 aliphatic heterocycles. The Labute approximate surface area is 131 Å². The van der Waals surface area contributed by atoms with Crippen LogP contribution in [0.2, 0.25) is 10.2 Å². The van der Waals surface area contributed by atoms with E-state index in [0.29, 0.717) is 34.7 Å². The minimum atomic E-state index is 0.301. The third-order valence-electron chi connectivity index (χ3n) is 4.28. The quantitative estimate of drug-likeness (QED) is 0.697. The monoisotopic (exact) mass is 315 g/mol. The average molecular weight is 316 g/mol. The fraction of sp³-hybridized carbons (Fsp3) is 0.688. The summed E-state index contributed by atoms with van der Waals surface area (Å²) in [5, 5.41) is 1.09. The summed E-state index contributed by atoms with van der Waals surface area (Å²) >= 11 is 12.1. The Morgan fingerprint density at radius 3 is 2.75 bits per heavy atom. The molecule has 2 nitrogen and oxygen atoms in total. The third-order valence-corrected chi connectivity index (χ3v) is 4.83. The molecule has 1 aliphatic carbocycles. The summed E-state index contributed by atoms with van der Waals surface area (Å²) in [4.78, 5) is 4.25. The highest BCUT2D eigenvalue weighted by Gasteiger charge is 2.31. The van der Waals surface area contributed by atoms with Gasteiger partial charge >= 0.3 is 0 Å². The second-order valence-electron chi connectivity index (χ2n) is 6.24. The zero-order valence-electron chi connectivity index (χ0n) is 12.4. The summed E-state index contributed by atoms with van der Waals surface area (Å²) in [5.74, 6) is 2.01. The first-order valence-electron chi connectivity index (χ1n) is 7.40. The Balaban J connectivity index is 2.01. The number of aromatic nitrogens is 1. The van der Waals surface area contributed by atoms with Crippen molar-refractivity contribution in [3.8, 4) is 0 Å². The number of rotatable bonds is 4. The minimum Gasteiger partial charge on any atom is -0.372 e. The van der Waals surface area contributed by atoms with Crippen LogP contribution >= 0.6 is 23.2 Å². The maximum atomic E-state index is 6.14. The van der Waals surface area contributed by atoms with Gasteiger partial charge in [-0.25, -0.2) is 4.98 Å². The number of halogens is 2. The number of nitrogens with zero attached hydrogens (tertiary/aromatic N) is 1. The lowest BCUT2D eigenvalue weighted by Gasteiger charge is -2.37. The normalized spacial score (nSPS) is 27.0. The van der Waals surface area contributed by atoms with Crippen LogP contribution in [-0.2, 0) is 11.3 Å². The van der Waals surface area contributed by atoms with Crippen LogP contribution in [-0.4, -0.2) is 11.1 Å². The molecular formula is C16H23Cl2NO. The first kappa shape index (κ1) is 16.1. The van der Waals surface area contributed by atoms with Gasteiger partial charge in [0.25, 0.3) is 0 Å². The predicted octanol–water partition coefficient (Wildman–Crippen LogP) is 5.37. The van der Waals surface area contributed by atoms with E-state index >= 15 is 0 Å². The number of hydrogen-bond donors (Lipinski definition) is 0. The fourth-order valence-electron chi connectivity index (χ4n) is 3.05. The van der Waals surface area contributed by atoms with E-state index in [1.165, 1.54) is 12.8 Å². The van der Waals surface area contributed by atoms with Gasteiger partial charge in [-0.3, -0.25) is 0 Å². The van der Waals surface area contributed by atoms with Crippen molar-refractivity contribution in [3.05, 3.63) is 28.0 Å². The van der Waals surface area contributed by atoms with Crippen molar-refractivity contribution < 1.29 is 4.74 Å². The SMILES string of the molecule is CC1CCC(C(C)C)C(OCc2nc(Cl)ccc2Cl)C1. The highest BCUT2D eigenvalue weighted by atomic mass is 35.5. The van der Waals surface area contributed by atoms with Crippen LogP contribution in [0.4, 0.5) is 0 Å². The molecule has 1 fully saturated rings. The van der Waals surface area contributed by atoms with Crippen molar-refractivity contribution in [2.45, 2.75) is 52.7 Å².